The van der Waals surface area contributed by atoms with Gasteiger partial charge in [0.05, 0.1) is 11.3 Å². The number of hydrogen-bond acceptors (Lipinski definition) is 3. The minimum atomic E-state index is -0.384. The van der Waals surface area contributed by atoms with E-state index in [0.29, 0.717) is 27.5 Å². The summed E-state index contributed by atoms with van der Waals surface area (Å²) in [6, 6.07) is 20.3. The van der Waals surface area contributed by atoms with Crippen molar-refractivity contribution in [3.8, 4) is 0 Å². The lowest BCUT2D eigenvalue weighted by atomic mass is 10.0. The van der Waals surface area contributed by atoms with E-state index in [-0.39, 0.29) is 17.5 Å². The Balaban J connectivity index is 1.86. The highest BCUT2D eigenvalue weighted by Crippen LogP contribution is 2.36. The predicted octanol–water partition coefficient (Wildman–Crippen LogP) is 5.66. The van der Waals surface area contributed by atoms with Gasteiger partial charge in [0, 0.05) is 10.7 Å². The maximum atomic E-state index is 13.5. The van der Waals surface area contributed by atoms with Crippen LogP contribution >= 0.6 is 11.6 Å². The van der Waals surface area contributed by atoms with Gasteiger partial charge in [-0.15, -0.1) is 0 Å². The van der Waals surface area contributed by atoms with E-state index in [1.807, 2.05) is 75.4 Å². The molecule has 0 fully saturated rings. The number of amides is 2. The van der Waals surface area contributed by atoms with Gasteiger partial charge in [-0.05, 0) is 55.7 Å². The molecule has 0 saturated heterocycles. The third kappa shape index (κ3) is 3.51. The molecule has 2 amide bonds. The molecule has 4 rings (SSSR count). The summed E-state index contributed by atoms with van der Waals surface area (Å²) in [4.78, 5) is 28.2. The van der Waals surface area contributed by atoms with Gasteiger partial charge >= 0.3 is 0 Å². The summed E-state index contributed by atoms with van der Waals surface area (Å²) in [6.45, 7) is 5.80. The fourth-order valence-electron chi connectivity index (χ4n) is 3.66. The van der Waals surface area contributed by atoms with Gasteiger partial charge in [0.2, 0.25) is 0 Å². The van der Waals surface area contributed by atoms with Crippen LogP contribution in [0.1, 0.15) is 22.3 Å². The number of benzene rings is 3. The summed E-state index contributed by atoms with van der Waals surface area (Å²) in [5.74, 6) is -0.731. The van der Waals surface area contributed by atoms with Gasteiger partial charge in [-0.2, -0.15) is 0 Å². The highest BCUT2D eigenvalue weighted by Gasteiger charge is 2.40. The van der Waals surface area contributed by atoms with Crippen LogP contribution in [-0.2, 0) is 9.59 Å². The number of carbonyl (C=O) groups is 2. The number of imide groups is 1. The average Bonchev–Trinajstić information content (AvgIpc) is 2.95. The number of aryl methyl sites for hydroxylation is 3. The zero-order valence-electron chi connectivity index (χ0n) is 17.0. The zero-order chi connectivity index (χ0) is 21.4. The molecule has 0 spiro atoms. The number of anilines is 2. The normalized spacial score (nSPS) is 13.9. The second-order valence-electron chi connectivity index (χ2n) is 7.44. The van der Waals surface area contributed by atoms with Gasteiger partial charge in [0.25, 0.3) is 11.8 Å². The Morgan fingerprint density at radius 2 is 1.53 bits per heavy atom. The van der Waals surface area contributed by atoms with Gasteiger partial charge in [-0.25, -0.2) is 4.90 Å². The van der Waals surface area contributed by atoms with Crippen LogP contribution in [0.3, 0.4) is 0 Å². The molecule has 0 aromatic heterocycles. The van der Waals surface area contributed by atoms with E-state index in [1.54, 1.807) is 12.1 Å². The first-order valence-electron chi connectivity index (χ1n) is 9.65. The first-order valence-corrected chi connectivity index (χ1v) is 10.0. The smallest absolute Gasteiger partial charge is 0.282 e. The Bertz CT molecular complexity index is 1200. The summed E-state index contributed by atoms with van der Waals surface area (Å²) < 4.78 is 0. The standard InChI is InChI=1S/C25H21ClN2O2/c1-15-9-12-21(17(3)13-15)28-24(29)22(18-7-5-4-6-8-18)23(25(28)30)27-20-14-19(26)11-10-16(20)2/h4-14,27H,1-3H3. The van der Waals surface area contributed by atoms with Gasteiger partial charge in [0.15, 0.2) is 0 Å². The molecule has 1 aliphatic heterocycles. The molecule has 1 N–H and O–H groups in total. The largest absolute Gasteiger partial charge is 0.350 e. The van der Waals surface area contributed by atoms with Crippen molar-refractivity contribution in [3.05, 3.63) is 99.7 Å². The van der Waals surface area contributed by atoms with Crippen LogP contribution in [0.2, 0.25) is 5.02 Å². The average molecular weight is 417 g/mol. The molecule has 150 valence electrons. The lowest BCUT2D eigenvalue weighted by Crippen LogP contribution is -2.33. The fraction of sp³-hybridized carbons (Fsp3) is 0.120. The molecule has 0 bridgehead atoms. The van der Waals surface area contributed by atoms with Crippen molar-refractivity contribution in [3.63, 3.8) is 0 Å². The molecular weight excluding hydrogens is 396 g/mol. The molecule has 0 atom stereocenters. The third-order valence-electron chi connectivity index (χ3n) is 5.20. The number of nitrogens with zero attached hydrogens (tertiary/aromatic N) is 1. The second kappa shape index (κ2) is 7.81. The van der Waals surface area contributed by atoms with Crippen molar-refractivity contribution in [1.82, 2.24) is 0 Å². The summed E-state index contributed by atoms with van der Waals surface area (Å²) in [7, 11) is 0. The van der Waals surface area contributed by atoms with Crippen molar-refractivity contribution in [2.75, 3.05) is 10.2 Å². The second-order valence-corrected chi connectivity index (χ2v) is 7.87. The molecule has 3 aromatic carbocycles. The van der Waals surface area contributed by atoms with Crippen LogP contribution < -0.4 is 10.2 Å². The van der Waals surface area contributed by atoms with Crippen molar-refractivity contribution in [2.24, 2.45) is 0 Å². The van der Waals surface area contributed by atoms with Crippen LogP contribution in [0.4, 0.5) is 11.4 Å². The van der Waals surface area contributed by atoms with E-state index in [9.17, 15) is 9.59 Å². The van der Waals surface area contributed by atoms with E-state index in [1.165, 1.54) is 4.90 Å². The molecule has 0 radical (unpaired) electrons. The Hall–Kier alpha value is -3.37. The molecular formula is C25H21ClN2O2. The van der Waals surface area contributed by atoms with Crippen molar-refractivity contribution in [2.45, 2.75) is 20.8 Å². The molecule has 30 heavy (non-hydrogen) atoms. The lowest BCUT2D eigenvalue weighted by Gasteiger charge is -2.18. The van der Waals surface area contributed by atoms with E-state index in [0.717, 1.165) is 16.7 Å². The lowest BCUT2D eigenvalue weighted by molar-refractivity contribution is -0.120. The molecule has 5 heteroatoms. The maximum absolute atomic E-state index is 13.5. The number of halogens is 1. The Morgan fingerprint density at radius 1 is 0.800 bits per heavy atom. The van der Waals surface area contributed by atoms with Crippen molar-refractivity contribution < 1.29 is 9.59 Å². The van der Waals surface area contributed by atoms with Gasteiger partial charge in [-0.3, -0.25) is 9.59 Å². The Kier molecular flexibility index (Phi) is 5.18. The number of rotatable bonds is 4. The fourth-order valence-corrected chi connectivity index (χ4v) is 3.83. The summed E-state index contributed by atoms with van der Waals surface area (Å²) in [5, 5.41) is 3.74. The van der Waals surface area contributed by atoms with Crippen LogP contribution in [0, 0.1) is 20.8 Å². The highest BCUT2D eigenvalue weighted by molar-refractivity contribution is 6.46. The van der Waals surface area contributed by atoms with E-state index in [2.05, 4.69) is 5.32 Å². The SMILES string of the molecule is Cc1ccc(N2C(=O)C(Nc3cc(Cl)ccc3C)=C(c3ccccc3)C2=O)c(C)c1. The quantitative estimate of drug-likeness (QED) is 0.558. The minimum absolute atomic E-state index is 0.247. The monoisotopic (exact) mass is 416 g/mol. The van der Waals surface area contributed by atoms with E-state index in [4.69, 9.17) is 11.6 Å². The highest BCUT2D eigenvalue weighted by atomic mass is 35.5. The van der Waals surface area contributed by atoms with Crippen LogP contribution in [0.25, 0.3) is 5.57 Å². The number of nitrogens with one attached hydrogen (secondary N) is 1. The van der Waals surface area contributed by atoms with Gasteiger partial charge in [-0.1, -0.05) is 65.7 Å². The number of hydrogen-bond donors (Lipinski definition) is 1. The van der Waals surface area contributed by atoms with Crippen molar-refractivity contribution in [1.29, 1.82) is 0 Å². The van der Waals surface area contributed by atoms with E-state index >= 15 is 0 Å². The molecule has 1 heterocycles. The molecule has 0 unspecified atom stereocenters. The summed E-state index contributed by atoms with van der Waals surface area (Å²) >= 11 is 6.16. The number of carbonyl (C=O) groups excluding carboxylic acids is 2. The predicted molar refractivity (Wildman–Crippen MR) is 122 cm³/mol. The van der Waals surface area contributed by atoms with Gasteiger partial charge < -0.3 is 5.32 Å². The first-order chi connectivity index (χ1) is 14.4. The van der Waals surface area contributed by atoms with E-state index < -0.39 is 0 Å². The van der Waals surface area contributed by atoms with Crippen LogP contribution in [-0.4, -0.2) is 11.8 Å². The van der Waals surface area contributed by atoms with Crippen LogP contribution in [0.5, 0.6) is 0 Å². The maximum Gasteiger partial charge on any atom is 0.282 e. The van der Waals surface area contributed by atoms with Crippen molar-refractivity contribution >= 4 is 40.4 Å². The Labute approximate surface area is 180 Å². The summed E-state index contributed by atoms with van der Waals surface area (Å²) in [6.07, 6.45) is 0. The minimum Gasteiger partial charge on any atom is -0.350 e. The molecule has 3 aromatic rings. The van der Waals surface area contributed by atoms with Crippen LogP contribution in [0.15, 0.2) is 72.4 Å². The molecule has 0 aliphatic carbocycles. The topological polar surface area (TPSA) is 49.4 Å². The third-order valence-corrected chi connectivity index (χ3v) is 5.43. The van der Waals surface area contributed by atoms with Gasteiger partial charge in [0.1, 0.15) is 5.70 Å². The summed E-state index contributed by atoms with van der Waals surface area (Å²) in [5.41, 5.74) is 5.41. The first kappa shape index (κ1) is 19.9. The zero-order valence-corrected chi connectivity index (χ0v) is 17.7. The molecule has 1 aliphatic rings. The molecule has 4 nitrogen and oxygen atoms in total. The molecule has 0 saturated carbocycles. The Morgan fingerprint density at radius 3 is 2.23 bits per heavy atom.